The summed E-state index contributed by atoms with van der Waals surface area (Å²) in [5, 5.41) is 7.28. The first-order valence-electron chi connectivity index (χ1n) is 7.51. The van der Waals surface area contributed by atoms with Crippen molar-refractivity contribution in [3.05, 3.63) is 15.9 Å². The molecule has 3 fully saturated rings. The molecule has 2 saturated carbocycles. The predicted molar refractivity (Wildman–Crippen MR) is 78.8 cm³/mol. The number of aromatic amines is 1. The highest BCUT2D eigenvalue weighted by atomic mass is 79.9. The summed E-state index contributed by atoms with van der Waals surface area (Å²) in [4.78, 5) is 17.0. The van der Waals surface area contributed by atoms with Crippen LogP contribution in [0.4, 0.5) is 0 Å². The molecule has 0 atom stereocenters. The number of aromatic nitrogens is 2. The highest BCUT2D eigenvalue weighted by Gasteiger charge is 2.35. The second kappa shape index (κ2) is 4.84. The van der Waals surface area contributed by atoms with Gasteiger partial charge in [-0.05, 0) is 41.6 Å². The number of amides is 1. The van der Waals surface area contributed by atoms with Crippen molar-refractivity contribution in [2.45, 2.75) is 37.6 Å². The van der Waals surface area contributed by atoms with Gasteiger partial charge in [0.05, 0.1) is 10.2 Å². The van der Waals surface area contributed by atoms with Gasteiger partial charge in [-0.2, -0.15) is 5.10 Å². The van der Waals surface area contributed by atoms with E-state index in [0.717, 1.165) is 42.4 Å². The first-order valence-corrected chi connectivity index (χ1v) is 8.30. The van der Waals surface area contributed by atoms with Crippen LogP contribution in [0.2, 0.25) is 0 Å². The van der Waals surface area contributed by atoms with E-state index < -0.39 is 0 Å². The topological polar surface area (TPSA) is 52.2 Å². The zero-order valence-corrected chi connectivity index (χ0v) is 13.0. The number of piperazine rings is 1. The number of carbonyl (C=O) groups is 1. The van der Waals surface area contributed by atoms with Gasteiger partial charge in [0.15, 0.2) is 5.69 Å². The van der Waals surface area contributed by atoms with Crippen LogP contribution < -0.4 is 0 Å². The lowest BCUT2D eigenvalue weighted by Crippen LogP contribution is -2.49. The molecule has 2 aliphatic carbocycles. The van der Waals surface area contributed by atoms with E-state index >= 15 is 0 Å². The van der Waals surface area contributed by atoms with Gasteiger partial charge in [-0.15, -0.1) is 0 Å². The minimum atomic E-state index is 0.0653. The molecule has 0 bridgehead atoms. The first kappa shape index (κ1) is 12.8. The lowest BCUT2D eigenvalue weighted by molar-refractivity contribution is 0.0620. The number of carbonyl (C=O) groups excluding carboxylic acids is 1. The molecule has 108 valence electrons. The van der Waals surface area contributed by atoms with Crippen LogP contribution in [-0.4, -0.2) is 58.1 Å². The highest BCUT2D eigenvalue weighted by Crippen LogP contribution is 2.43. The van der Waals surface area contributed by atoms with Crippen molar-refractivity contribution in [1.29, 1.82) is 0 Å². The van der Waals surface area contributed by atoms with Gasteiger partial charge in [0.2, 0.25) is 0 Å². The fourth-order valence-corrected chi connectivity index (χ4v) is 3.68. The lowest BCUT2D eigenvalue weighted by Gasteiger charge is -2.34. The van der Waals surface area contributed by atoms with Gasteiger partial charge < -0.3 is 4.90 Å². The summed E-state index contributed by atoms with van der Waals surface area (Å²) in [6.45, 7) is 3.67. The van der Waals surface area contributed by atoms with Gasteiger partial charge in [-0.3, -0.25) is 14.8 Å². The van der Waals surface area contributed by atoms with Crippen molar-refractivity contribution in [2.24, 2.45) is 0 Å². The van der Waals surface area contributed by atoms with Crippen LogP contribution in [0.1, 0.15) is 47.8 Å². The largest absolute Gasteiger partial charge is 0.335 e. The molecule has 4 rings (SSSR count). The molecule has 0 radical (unpaired) electrons. The SMILES string of the molecule is O=C(c1n[nH]c(C2CC2)c1Br)N1CCN(C2CC2)CC1. The lowest BCUT2D eigenvalue weighted by atomic mass is 10.2. The standard InChI is InChI=1S/C14H19BrN4O/c15-11-12(9-1-2-9)16-17-13(11)14(20)19-7-5-18(6-8-19)10-3-4-10/h9-10H,1-8H2,(H,16,17). The molecule has 1 N–H and O–H groups in total. The fraction of sp³-hybridized carbons (Fsp3) is 0.714. The number of H-pyrrole nitrogens is 1. The average Bonchev–Trinajstić information content (AvgIpc) is 3.37. The molecule has 1 saturated heterocycles. The summed E-state index contributed by atoms with van der Waals surface area (Å²) in [6, 6.07) is 0.797. The Hall–Kier alpha value is -0.880. The van der Waals surface area contributed by atoms with Gasteiger partial charge in [-0.25, -0.2) is 0 Å². The van der Waals surface area contributed by atoms with E-state index in [1.165, 1.54) is 25.7 Å². The number of nitrogens with zero attached hydrogens (tertiary/aromatic N) is 3. The summed E-state index contributed by atoms with van der Waals surface area (Å²) in [6.07, 6.45) is 5.08. The van der Waals surface area contributed by atoms with E-state index in [0.29, 0.717) is 11.6 Å². The molecule has 1 aromatic heterocycles. The minimum absolute atomic E-state index is 0.0653. The fourth-order valence-electron chi connectivity index (χ4n) is 3.01. The van der Waals surface area contributed by atoms with Gasteiger partial charge in [-0.1, -0.05) is 0 Å². The molecule has 5 nitrogen and oxygen atoms in total. The Labute approximate surface area is 126 Å². The predicted octanol–water partition coefficient (Wildman–Crippen LogP) is 1.97. The Bertz CT molecular complexity index is 527. The van der Waals surface area contributed by atoms with E-state index in [1.54, 1.807) is 0 Å². The first-order chi connectivity index (χ1) is 9.74. The van der Waals surface area contributed by atoms with Crippen LogP contribution in [0.25, 0.3) is 0 Å². The summed E-state index contributed by atoms with van der Waals surface area (Å²) in [7, 11) is 0. The second-order valence-electron chi connectivity index (χ2n) is 6.13. The number of rotatable bonds is 3. The second-order valence-corrected chi connectivity index (χ2v) is 6.93. The summed E-state index contributed by atoms with van der Waals surface area (Å²) in [5.41, 5.74) is 1.66. The number of nitrogens with one attached hydrogen (secondary N) is 1. The van der Waals surface area contributed by atoms with E-state index in [1.807, 2.05) is 4.90 Å². The Kier molecular flexibility index (Phi) is 3.11. The van der Waals surface area contributed by atoms with Crippen molar-refractivity contribution < 1.29 is 4.79 Å². The van der Waals surface area contributed by atoms with Crippen LogP contribution in [0.15, 0.2) is 4.47 Å². The van der Waals surface area contributed by atoms with E-state index in [4.69, 9.17) is 0 Å². The molecule has 0 aromatic carbocycles. The molecule has 1 aliphatic heterocycles. The Morgan fingerprint density at radius 1 is 1.15 bits per heavy atom. The van der Waals surface area contributed by atoms with Gasteiger partial charge in [0.1, 0.15) is 0 Å². The normalized spacial score (nSPS) is 24.1. The van der Waals surface area contributed by atoms with Crippen molar-refractivity contribution in [1.82, 2.24) is 20.0 Å². The van der Waals surface area contributed by atoms with Crippen molar-refractivity contribution in [3.8, 4) is 0 Å². The third-order valence-corrected chi connectivity index (χ3v) is 5.39. The maximum atomic E-state index is 12.6. The third kappa shape index (κ3) is 2.29. The molecule has 0 unspecified atom stereocenters. The number of hydrogen-bond acceptors (Lipinski definition) is 3. The van der Waals surface area contributed by atoms with Gasteiger partial charge in [0.25, 0.3) is 5.91 Å². The molecule has 6 heteroatoms. The molecule has 20 heavy (non-hydrogen) atoms. The van der Waals surface area contributed by atoms with Crippen LogP contribution in [0, 0.1) is 0 Å². The monoisotopic (exact) mass is 338 g/mol. The van der Waals surface area contributed by atoms with Crippen molar-refractivity contribution in [3.63, 3.8) is 0 Å². The molecule has 0 spiro atoms. The maximum Gasteiger partial charge on any atom is 0.275 e. The quantitative estimate of drug-likeness (QED) is 0.916. The van der Waals surface area contributed by atoms with E-state index in [2.05, 4.69) is 31.0 Å². The van der Waals surface area contributed by atoms with Crippen LogP contribution >= 0.6 is 15.9 Å². The Balaban J connectivity index is 1.44. The van der Waals surface area contributed by atoms with Gasteiger partial charge >= 0.3 is 0 Å². The molecule has 2 heterocycles. The highest BCUT2D eigenvalue weighted by molar-refractivity contribution is 9.10. The van der Waals surface area contributed by atoms with E-state index in [-0.39, 0.29) is 5.91 Å². The Morgan fingerprint density at radius 3 is 2.45 bits per heavy atom. The summed E-state index contributed by atoms with van der Waals surface area (Å²) in [5.74, 6) is 0.639. The van der Waals surface area contributed by atoms with Crippen molar-refractivity contribution in [2.75, 3.05) is 26.2 Å². The third-order valence-electron chi connectivity index (χ3n) is 4.59. The zero-order chi connectivity index (χ0) is 13.7. The van der Waals surface area contributed by atoms with E-state index in [9.17, 15) is 4.79 Å². The minimum Gasteiger partial charge on any atom is -0.335 e. The molecule has 1 amide bonds. The molecule has 3 aliphatic rings. The van der Waals surface area contributed by atoms with Crippen LogP contribution in [0.3, 0.4) is 0 Å². The smallest absolute Gasteiger partial charge is 0.275 e. The zero-order valence-electron chi connectivity index (χ0n) is 11.4. The summed E-state index contributed by atoms with van der Waals surface area (Å²) >= 11 is 3.55. The van der Waals surface area contributed by atoms with Crippen LogP contribution in [-0.2, 0) is 0 Å². The summed E-state index contributed by atoms with van der Waals surface area (Å²) < 4.78 is 0.884. The molecule has 1 aromatic rings. The molecular weight excluding hydrogens is 320 g/mol. The van der Waals surface area contributed by atoms with Crippen molar-refractivity contribution >= 4 is 21.8 Å². The Morgan fingerprint density at radius 2 is 1.85 bits per heavy atom. The number of hydrogen-bond donors (Lipinski definition) is 1. The van der Waals surface area contributed by atoms with Gasteiger partial charge in [0, 0.05) is 38.1 Å². The van der Waals surface area contributed by atoms with Crippen LogP contribution in [0.5, 0.6) is 0 Å². The molecular formula is C14H19BrN4O. The average molecular weight is 339 g/mol. The number of halogens is 1. The maximum absolute atomic E-state index is 12.6.